The molecule has 0 N–H and O–H groups in total. The van der Waals surface area contributed by atoms with Crippen molar-refractivity contribution < 1.29 is 8.83 Å². The van der Waals surface area contributed by atoms with Crippen molar-refractivity contribution in [3.63, 3.8) is 0 Å². The normalized spacial score (nSPS) is 11.5. The first-order valence-corrected chi connectivity index (χ1v) is 21.4. The summed E-state index contributed by atoms with van der Waals surface area (Å²) in [6, 6.07) is 84.4. The molecule has 2 heterocycles. The highest BCUT2D eigenvalue weighted by atomic mass is 16.3. The highest BCUT2D eigenvalue weighted by molar-refractivity contribution is 6.08. The number of benzene rings is 10. The summed E-state index contributed by atoms with van der Waals surface area (Å²) >= 11 is 0. The van der Waals surface area contributed by atoms with Crippen LogP contribution in [-0.2, 0) is 0 Å². The Labute approximate surface area is 365 Å². The number of fused-ring (bicyclic) bond motifs is 6. The van der Waals surface area contributed by atoms with Crippen LogP contribution in [0.25, 0.3) is 99.5 Å². The second-order valence-corrected chi connectivity index (χ2v) is 16.1. The van der Waals surface area contributed by atoms with Crippen molar-refractivity contribution in [1.29, 1.82) is 0 Å². The van der Waals surface area contributed by atoms with Crippen molar-refractivity contribution in [3.05, 3.63) is 237 Å². The summed E-state index contributed by atoms with van der Waals surface area (Å²) in [5.74, 6) is 0. The van der Waals surface area contributed by atoms with Gasteiger partial charge in [0.25, 0.3) is 0 Å². The second-order valence-electron chi connectivity index (χ2n) is 16.1. The van der Waals surface area contributed by atoms with Crippen molar-refractivity contribution in [2.45, 2.75) is 0 Å². The second kappa shape index (κ2) is 15.3. The smallest absolute Gasteiger partial charge is 0.135 e. The van der Waals surface area contributed by atoms with Crippen LogP contribution >= 0.6 is 0 Å². The number of hydrogen-bond acceptors (Lipinski definition) is 3. The Morgan fingerprint density at radius 3 is 1.06 bits per heavy atom. The van der Waals surface area contributed by atoms with Crippen molar-refractivity contribution >= 4 is 60.9 Å². The average molecular weight is 806 g/mol. The summed E-state index contributed by atoms with van der Waals surface area (Å²) in [6.45, 7) is 0. The Kier molecular flexibility index (Phi) is 8.83. The summed E-state index contributed by atoms with van der Waals surface area (Å²) in [7, 11) is 0. The van der Waals surface area contributed by atoms with E-state index in [0.717, 1.165) is 94.3 Å². The summed E-state index contributed by atoms with van der Waals surface area (Å²) in [5, 5.41) is 4.45. The number of hydrogen-bond donors (Lipinski definition) is 0. The number of nitrogens with zero attached hydrogens (tertiary/aromatic N) is 1. The molecule has 0 spiro atoms. The molecule has 0 atom stereocenters. The van der Waals surface area contributed by atoms with Gasteiger partial charge in [-0.1, -0.05) is 146 Å². The highest BCUT2D eigenvalue weighted by Crippen LogP contribution is 2.42. The van der Waals surface area contributed by atoms with Crippen LogP contribution in [0, 0.1) is 0 Å². The van der Waals surface area contributed by atoms with Gasteiger partial charge in [0.2, 0.25) is 0 Å². The lowest BCUT2D eigenvalue weighted by Gasteiger charge is -2.27. The summed E-state index contributed by atoms with van der Waals surface area (Å²) in [4.78, 5) is 2.36. The molecule has 0 aliphatic carbocycles. The molecule has 0 unspecified atom stereocenters. The third-order valence-corrected chi connectivity index (χ3v) is 12.2. The quantitative estimate of drug-likeness (QED) is 0.153. The van der Waals surface area contributed by atoms with Gasteiger partial charge in [-0.05, 0) is 147 Å². The molecule has 63 heavy (non-hydrogen) atoms. The summed E-state index contributed by atoms with van der Waals surface area (Å²) in [5.41, 5.74) is 18.3. The Morgan fingerprint density at radius 1 is 0.206 bits per heavy atom. The molecule has 12 rings (SSSR count). The van der Waals surface area contributed by atoms with E-state index in [-0.39, 0.29) is 0 Å². The van der Waals surface area contributed by atoms with Crippen LogP contribution in [0.15, 0.2) is 245 Å². The van der Waals surface area contributed by atoms with Crippen molar-refractivity contribution in [2.75, 3.05) is 4.90 Å². The van der Waals surface area contributed by atoms with Gasteiger partial charge in [-0.15, -0.1) is 0 Å². The zero-order chi connectivity index (χ0) is 41.7. The summed E-state index contributed by atoms with van der Waals surface area (Å²) in [6.07, 6.45) is 0. The van der Waals surface area contributed by atoms with Gasteiger partial charge in [-0.25, -0.2) is 0 Å². The Bertz CT molecular complexity index is 3400. The predicted octanol–water partition coefficient (Wildman–Crippen LogP) is 17.3. The summed E-state index contributed by atoms with van der Waals surface area (Å²) < 4.78 is 12.5. The predicted molar refractivity (Wildman–Crippen MR) is 263 cm³/mol. The Hall–Kier alpha value is -8.40. The molecule has 0 saturated carbocycles. The monoisotopic (exact) mass is 805 g/mol. The average Bonchev–Trinajstić information content (AvgIpc) is 3.93. The van der Waals surface area contributed by atoms with E-state index in [0.29, 0.717) is 0 Å². The maximum Gasteiger partial charge on any atom is 0.135 e. The molecular weight excluding hydrogens is 767 g/mol. The fourth-order valence-corrected chi connectivity index (χ4v) is 9.10. The molecule has 10 aromatic carbocycles. The van der Waals surface area contributed by atoms with E-state index in [4.69, 9.17) is 8.83 Å². The lowest BCUT2D eigenvalue weighted by molar-refractivity contribution is 0.668. The molecule has 0 bridgehead atoms. The lowest BCUT2D eigenvalue weighted by Crippen LogP contribution is -2.10. The van der Waals surface area contributed by atoms with Gasteiger partial charge in [0.05, 0.1) is 0 Å². The topological polar surface area (TPSA) is 29.5 Å². The van der Waals surface area contributed by atoms with E-state index in [1.807, 2.05) is 24.3 Å². The van der Waals surface area contributed by atoms with Crippen LogP contribution in [0.5, 0.6) is 0 Å². The molecule has 0 radical (unpaired) electrons. The molecule has 0 fully saturated rings. The number of para-hydroxylation sites is 2. The zero-order valence-electron chi connectivity index (χ0n) is 34.3. The van der Waals surface area contributed by atoms with Gasteiger partial charge in [0.15, 0.2) is 0 Å². The molecule has 296 valence electrons. The minimum Gasteiger partial charge on any atom is -0.456 e. The van der Waals surface area contributed by atoms with Gasteiger partial charge in [-0.2, -0.15) is 0 Å². The standard InChI is InChI=1S/C60H39NO2/c1-3-13-40(14-4-1)43-17-11-19-51(36-43)61(52-20-12-18-44(37-52)41-15-5-2-6-16-41)50-29-25-42(26-30-50)47-33-48(45-27-31-59-55(38-45)53-21-7-9-23-57(53)62-59)35-49(34-47)46-28-32-60-56(39-46)54-22-8-10-24-58(54)63-60/h1-39H. The van der Waals surface area contributed by atoms with E-state index >= 15 is 0 Å². The van der Waals surface area contributed by atoms with E-state index in [1.54, 1.807) is 0 Å². The number of anilines is 3. The number of rotatable bonds is 8. The molecule has 3 heteroatoms. The maximum atomic E-state index is 6.24. The number of furan rings is 2. The van der Waals surface area contributed by atoms with E-state index < -0.39 is 0 Å². The molecule has 0 aliphatic rings. The molecule has 12 aromatic rings. The minimum absolute atomic E-state index is 0.886. The van der Waals surface area contributed by atoms with Gasteiger partial charge in [-0.3, -0.25) is 0 Å². The third kappa shape index (κ3) is 6.73. The zero-order valence-corrected chi connectivity index (χ0v) is 34.3. The van der Waals surface area contributed by atoms with E-state index in [9.17, 15) is 0 Å². The van der Waals surface area contributed by atoms with Gasteiger partial charge >= 0.3 is 0 Å². The van der Waals surface area contributed by atoms with Crippen LogP contribution < -0.4 is 4.90 Å². The van der Waals surface area contributed by atoms with Crippen molar-refractivity contribution in [2.24, 2.45) is 0 Å². The van der Waals surface area contributed by atoms with Crippen molar-refractivity contribution in [1.82, 2.24) is 0 Å². The van der Waals surface area contributed by atoms with E-state index in [2.05, 4.69) is 217 Å². The van der Waals surface area contributed by atoms with Gasteiger partial charge in [0.1, 0.15) is 22.3 Å². The van der Waals surface area contributed by atoms with Gasteiger partial charge < -0.3 is 13.7 Å². The molecule has 0 aliphatic heterocycles. The SMILES string of the molecule is c1ccc(-c2cccc(N(c3ccc(-c4cc(-c5ccc6oc7ccccc7c6c5)cc(-c5ccc6oc7ccccc7c6c5)c4)cc3)c3cccc(-c4ccccc4)c3)c2)cc1. The largest absolute Gasteiger partial charge is 0.456 e. The first-order valence-electron chi connectivity index (χ1n) is 21.4. The Morgan fingerprint density at radius 2 is 0.571 bits per heavy atom. The first kappa shape index (κ1) is 36.5. The third-order valence-electron chi connectivity index (χ3n) is 12.2. The molecule has 3 nitrogen and oxygen atoms in total. The van der Waals surface area contributed by atoms with Crippen LogP contribution in [0.4, 0.5) is 17.1 Å². The lowest BCUT2D eigenvalue weighted by atomic mass is 9.92. The van der Waals surface area contributed by atoms with Crippen molar-refractivity contribution in [3.8, 4) is 55.6 Å². The van der Waals surface area contributed by atoms with Crippen LogP contribution in [0.2, 0.25) is 0 Å². The molecular formula is C60H39NO2. The fraction of sp³-hybridized carbons (Fsp3) is 0. The van der Waals surface area contributed by atoms with E-state index in [1.165, 1.54) is 22.3 Å². The highest BCUT2D eigenvalue weighted by Gasteiger charge is 2.17. The fourth-order valence-electron chi connectivity index (χ4n) is 9.10. The Balaban J connectivity index is 0.996. The first-order chi connectivity index (χ1) is 31.2. The van der Waals surface area contributed by atoms with Gasteiger partial charge in [0, 0.05) is 38.6 Å². The minimum atomic E-state index is 0.886. The molecule has 0 amide bonds. The maximum absolute atomic E-state index is 6.24. The molecule has 2 aromatic heterocycles. The van der Waals surface area contributed by atoms with Crippen LogP contribution in [0.3, 0.4) is 0 Å². The van der Waals surface area contributed by atoms with Crippen LogP contribution in [-0.4, -0.2) is 0 Å². The van der Waals surface area contributed by atoms with Crippen LogP contribution in [0.1, 0.15) is 0 Å². The molecule has 0 saturated heterocycles.